The third-order valence-electron chi connectivity index (χ3n) is 1.60. The molecule has 0 spiro atoms. The molecule has 0 saturated heterocycles. The Balaban J connectivity index is 2.29. The number of nitrogens with zero attached hydrogens (tertiary/aromatic N) is 2. The Morgan fingerprint density at radius 2 is 2.57 bits per heavy atom. The Labute approximate surface area is 86.9 Å². The van der Waals surface area contributed by atoms with E-state index >= 15 is 0 Å². The van der Waals surface area contributed by atoms with E-state index < -0.39 is 0 Å². The molecular formula is C8H14N4OS. The van der Waals surface area contributed by atoms with Crippen molar-refractivity contribution in [2.75, 3.05) is 32.0 Å². The molecule has 6 heteroatoms. The fourth-order valence-corrected chi connectivity index (χ4v) is 1.53. The number of nitrogens with two attached hydrogens (primary N) is 1. The van der Waals surface area contributed by atoms with E-state index in [4.69, 9.17) is 5.73 Å². The fourth-order valence-electron chi connectivity index (χ4n) is 0.989. The molecule has 1 heterocycles. The highest BCUT2D eigenvalue weighted by Gasteiger charge is 2.06. The lowest BCUT2D eigenvalue weighted by Crippen LogP contribution is -2.33. The van der Waals surface area contributed by atoms with Gasteiger partial charge in [0.05, 0.1) is 6.54 Å². The predicted molar refractivity (Wildman–Crippen MR) is 57.3 cm³/mol. The van der Waals surface area contributed by atoms with Crippen molar-refractivity contribution in [1.29, 1.82) is 0 Å². The largest absolute Gasteiger partial charge is 0.329 e. The monoisotopic (exact) mass is 214 g/mol. The SMILES string of the molecule is CN(CCN)CC(=O)Nc1nccs1. The van der Waals surface area contributed by atoms with Crippen molar-refractivity contribution in [1.82, 2.24) is 9.88 Å². The first-order valence-electron chi connectivity index (χ1n) is 4.30. The molecule has 1 aromatic rings. The number of carbonyl (C=O) groups excluding carboxylic acids is 1. The van der Waals surface area contributed by atoms with Crippen LogP contribution in [-0.4, -0.2) is 42.5 Å². The minimum atomic E-state index is -0.0594. The van der Waals surface area contributed by atoms with Crippen LogP contribution in [0.5, 0.6) is 0 Å². The van der Waals surface area contributed by atoms with Crippen LogP contribution in [0.3, 0.4) is 0 Å². The fraction of sp³-hybridized carbons (Fsp3) is 0.500. The number of hydrogen-bond acceptors (Lipinski definition) is 5. The van der Waals surface area contributed by atoms with Crippen LogP contribution in [0.15, 0.2) is 11.6 Å². The maximum absolute atomic E-state index is 11.4. The molecule has 1 rings (SSSR count). The zero-order valence-electron chi connectivity index (χ0n) is 8.06. The van der Waals surface area contributed by atoms with Crippen LogP contribution < -0.4 is 11.1 Å². The number of thiazole rings is 1. The van der Waals surface area contributed by atoms with Crippen molar-refractivity contribution in [2.24, 2.45) is 5.73 Å². The summed E-state index contributed by atoms with van der Waals surface area (Å²) in [5, 5.41) is 5.15. The Bertz CT molecular complexity index is 275. The van der Waals surface area contributed by atoms with Gasteiger partial charge in [-0.25, -0.2) is 4.98 Å². The van der Waals surface area contributed by atoms with E-state index in [2.05, 4.69) is 10.3 Å². The number of carbonyl (C=O) groups is 1. The molecule has 0 aromatic carbocycles. The van der Waals surface area contributed by atoms with Crippen LogP contribution in [0.1, 0.15) is 0 Å². The van der Waals surface area contributed by atoms with Crippen LogP contribution in [0.25, 0.3) is 0 Å². The lowest BCUT2D eigenvalue weighted by Gasteiger charge is -2.13. The van der Waals surface area contributed by atoms with Gasteiger partial charge in [-0.3, -0.25) is 9.69 Å². The molecule has 0 bridgehead atoms. The first kappa shape index (κ1) is 11.1. The Kier molecular flexibility index (Phi) is 4.51. The van der Waals surface area contributed by atoms with Gasteiger partial charge in [-0.2, -0.15) is 0 Å². The number of aromatic nitrogens is 1. The molecule has 0 aliphatic rings. The van der Waals surface area contributed by atoms with Gasteiger partial charge in [-0.1, -0.05) is 0 Å². The minimum absolute atomic E-state index is 0.0594. The molecular weight excluding hydrogens is 200 g/mol. The molecule has 1 amide bonds. The van der Waals surface area contributed by atoms with Crippen molar-refractivity contribution in [3.8, 4) is 0 Å². The molecule has 1 aromatic heterocycles. The molecule has 0 aliphatic carbocycles. The Hall–Kier alpha value is -0.980. The summed E-state index contributed by atoms with van der Waals surface area (Å²) in [6.45, 7) is 1.61. The minimum Gasteiger partial charge on any atom is -0.329 e. The van der Waals surface area contributed by atoms with Gasteiger partial charge in [0.15, 0.2) is 5.13 Å². The number of rotatable bonds is 5. The smallest absolute Gasteiger partial charge is 0.240 e. The normalized spacial score (nSPS) is 10.5. The van der Waals surface area contributed by atoms with Crippen LogP contribution in [-0.2, 0) is 4.79 Å². The van der Waals surface area contributed by atoms with Crippen molar-refractivity contribution < 1.29 is 4.79 Å². The lowest BCUT2D eigenvalue weighted by atomic mass is 10.5. The van der Waals surface area contributed by atoms with Crippen molar-refractivity contribution in [2.45, 2.75) is 0 Å². The molecule has 78 valence electrons. The summed E-state index contributed by atoms with van der Waals surface area (Å²) in [6.07, 6.45) is 1.66. The first-order chi connectivity index (χ1) is 6.72. The molecule has 3 N–H and O–H groups in total. The highest BCUT2D eigenvalue weighted by atomic mass is 32.1. The maximum atomic E-state index is 11.4. The molecule has 0 aliphatic heterocycles. The number of nitrogens with one attached hydrogen (secondary N) is 1. The molecule has 0 fully saturated rings. The summed E-state index contributed by atoms with van der Waals surface area (Å²) in [6, 6.07) is 0. The first-order valence-corrected chi connectivity index (χ1v) is 5.18. The number of amides is 1. The highest BCUT2D eigenvalue weighted by Crippen LogP contribution is 2.09. The molecule has 0 saturated carbocycles. The number of likely N-dealkylation sites (N-methyl/N-ethyl adjacent to an activating group) is 1. The van der Waals surface area contributed by atoms with E-state index in [1.165, 1.54) is 11.3 Å². The summed E-state index contributed by atoms with van der Waals surface area (Å²) < 4.78 is 0. The summed E-state index contributed by atoms with van der Waals surface area (Å²) in [4.78, 5) is 17.2. The van der Waals surface area contributed by atoms with E-state index in [1.807, 2.05) is 17.3 Å². The summed E-state index contributed by atoms with van der Waals surface area (Å²) in [5.74, 6) is -0.0594. The molecule has 14 heavy (non-hydrogen) atoms. The van der Waals surface area contributed by atoms with E-state index in [9.17, 15) is 4.79 Å². The number of anilines is 1. The summed E-state index contributed by atoms with van der Waals surface area (Å²) in [5.41, 5.74) is 5.36. The average Bonchev–Trinajstić information content (AvgIpc) is 2.56. The van der Waals surface area contributed by atoms with Gasteiger partial charge in [0.25, 0.3) is 0 Å². The lowest BCUT2D eigenvalue weighted by molar-refractivity contribution is -0.117. The van der Waals surface area contributed by atoms with E-state index in [1.54, 1.807) is 6.20 Å². The second kappa shape index (κ2) is 5.69. The number of hydrogen-bond donors (Lipinski definition) is 2. The van der Waals surface area contributed by atoms with E-state index in [-0.39, 0.29) is 5.91 Å². The molecule has 0 radical (unpaired) electrons. The van der Waals surface area contributed by atoms with Crippen molar-refractivity contribution in [3.05, 3.63) is 11.6 Å². The molecule has 5 nitrogen and oxygen atoms in total. The van der Waals surface area contributed by atoms with Gasteiger partial charge in [0.2, 0.25) is 5.91 Å². The average molecular weight is 214 g/mol. The Morgan fingerprint density at radius 3 is 3.14 bits per heavy atom. The molecule has 0 atom stereocenters. The zero-order chi connectivity index (χ0) is 10.4. The van der Waals surface area contributed by atoms with Gasteiger partial charge < -0.3 is 11.1 Å². The Morgan fingerprint density at radius 1 is 1.79 bits per heavy atom. The summed E-state index contributed by atoms with van der Waals surface area (Å²) in [7, 11) is 1.86. The van der Waals surface area contributed by atoms with Crippen LogP contribution in [0.2, 0.25) is 0 Å². The third kappa shape index (κ3) is 3.82. The van der Waals surface area contributed by atoms with Gasteiger partial charge in [-0.05, 0) is 7.05 Å². The topological polar surface area (TPSA) is 71.2 Å². The van der Waals surface area contributed by atoms with E-state index in [0.717, 1.165) is 0 Å². The van der Waals surface area contributed by atoms with Crippen LogP contribution >= 0.6 is 11.3 Å². The van der Waals surface area contributed by atoms with Crippen molar-refractivity contribution >= 4 is 22.4 Å². The summed E-state index contributed by atoms with van der Waals surface area (Å²) >= 11 is 1.41. The predicted octanol–water partition coefficient (Wildman–Crippen LogP) is -0.0279. The second-order valence-electron chi connectivity index (χ2n) is 2.91. The van der Waals surface area contributed by atoms with Crippen LogP contribution in [0, 0.1) is 0 Å². The van der Waals surface area contributed by atoms with E-state index in [0.29, 0.717) is 24.8 Å². The van der Waals surface area contributed by atoms with Crippen molar-refractivity contribution in [3.63, 3.8) is 0 Å². The maximum Gasteiger partial charge on any atom is 0.240 e. The van der Waals surface area contributed by atoms with Gasteiger partial charge in [0.1, 0.15) is 0 Å². The second-order valence-corrected chi connectivity index (χ2v) is 3.81. The zero-order valence-corrected chi connectivity index (χ0v) is 8.88. The van der Waals surface area contributed by atoms with Gasteiger partial charge in [-0.15, -0.1) is 11.3 Å². The molecule has 0 unspecified atom stereocenters. The van der Waals surface area contributed by atoms with Gasteiger partial charge in [0, 0.05) is 24.7 Å². The van der Waals surface area contributed by atoms with Gasteiger partial charge >= 0.3 is 0 Å². The third-order valence-corrected chi connectivity index (χ3v) is 2.29. The van der Waals surface area contributed by atoms with Crippen LogP contribution in [0.4, 0.5) is 5.13 Å². The highest BCUT2D eigenvalue weighted by molar-refractivity contribution is 7.13. The standard InChI is InChI=1S/C8H14N4OS/c1-12(4-2-9)6-7(13)11-8-10-3-5-14-8/h3,5H,2,4,6,9H2,1H3,(H,10,11,13). The quantitative estimate of drug-likeness (QED) is 0.722.